The molecule has 1 unspecified atom stereocenters. The van der Waals surface area contributed by atoms with Gasteiger partial charge in [-0.1, -0.05) is 12.1 Å². The highest BCUT2D eigenvalue weighted by atomic mass is 32.2. The van der Waals surface area contributed by atoms with E-state index in [2.05, 4.69) is 0 Å². The van der Waals surface area contributed by atoms with Crippen molar-refractivity contribution in [1.29, 1.82) is 0 Å². The molecule has 0 bridgehead atoms. The van der Waals surface area contributed by atoms with E-state index in [1.807, 2.05) is 0 Å². The van der Waals surface area contributed by atoms with Gasteiger partial charge in [-0.05, 0) is 24.6 Å². The summed E-state index contributed by atoms with van der Waals surface area (Å²) in [5.41, 5.74) is 0.561. The maximum Gasteiger partial charge on any atom is 0.252 e. The molecule has 7 heteroatoms. The molecule has 0 aliphatic heterocycles. The number of aliphatic hydroxyl groups is 1. The third-order valence-corrected chi connectivity index (χ3v) is 4.30. The Bertz CT molecular complexity index is 486. The van der Waals surface area contributed by atoms with Gasteiger partial charge in [0.2, 0.25) is 10.0 Å². The van der Waals surface area contributed by atoms with Gasteiger partial charge in [0.15, 0.2) is 0 Å². The maximum atomic E-state index is 12.2. The van der Waals surface area contributed by atoms with Gasteiger partial charge in [0.1, 0.15) is 0 Å². The van der Waals surface area contributed by atoms with E-state index in [4.69, 9.17) is 0 Å². The second-order valence-corrected chi connectivity index (χ2v) is 5.97. The van der Waals surface area contributed by atoms with Gasteiger partial charge in [0.05, 0.1) is 17.5 Å². The number of sulfonamides is 1. The quantitative estimate of drug-likeness (QED) is 0.891. The first-order valence-corrected chi connectivity index (χ1v) is 6.71. The van der Waals surface area contributed by atoms with Crippen LogP contribution in [0.15, 0.2) is 29.2 Å². The highest BCUT2D eigenvalue weighted by Crippen LogP contribution is 2.19. The zero-order valence-electron chi connectivity index (χ0n) is 10.0. The number of halogens is 2. The molecule has 0 aliphatic carbocycles. The standard InChI is InChI=1S/C11H15F2NO3S/c1-8(15)9-3-5-10(6-4-9)18(16,17)14(2)7-11(12)13/h3-6,8,11,15H,7H2,1-2H3. The van der Waals surface area contributed by atoms with E-state index in [0.29, 0.717) is 9.87 Å². The second kappa shape index (κ2) is 5.73. The highest BCUT2D eigenvalue weighted by molar-refractivity contribution is 7.89. The monoisotopic (exact) mass is 279 g/mol. The van der Waals surface area contributed by atoms with Crippen LogP contribution < -0.4 is 0 Å². The van der Waals surface area contributed by atoms with Crippen molar-refractivity contribution in [3.8, 4) is 0 Å². The lowest BCUT2D eigenvalue weighted by atomic mass is 10.1. The molecule has 1 atom stereocenters. The number of hydrogen-bond donors (Lipinski definition) is 1. The topological polar surface area (TPSA) is 57.6 Å². The lowest BCUT2D eigenvalue weighted by molar-refractivity contribution is 0.126. The highest BCUT2D eigenvalue weighted by Gasteiger charge is 2.23. The van der Waals surface area contributed by atoms with E-state index in [-0.39, 0.29) is 4.90 Å². The molecule has 0 spiro atoms. The number of aliphatic hydroxyl groups excluding tert-OH is 1. The fraction of sp³-hybridized carbons (Fsp3) is 0.455. The minimum Gasteiger partial charge on any atom is -0.389 e. The first-order chi connectivity index (χ1) is 8.25. The lowest BCUT2D eigenvalue weighted by Crippen LogP contribution is -2.31. The Labute approximate surface area is 105 Å². The predicted molar refractivity (Wildman–Crippen MR) is 62.9 cm³/mol. The van der Waals surface area contributed by atoms with Crippen LogP contribution >= 0.6 is 0 Å². The number of alkyl halides is 2. The van der Waals surface area contributed by atoms with E-state index in [0.717, 1.165) is 7.05 Å². The van der Waals surface area contributed by atoms with Crippen LogP contribution in [0, 0.1) is 0 Å². The van der Waals surface area contributed by atoms with E-state index in [1.165, 1.54) is 24.3 Å². The number of nitrogens with zero attached hydrogens (tertiary/aromatic N) is 1. The first-order valence-electron chi connectivity index (χ1n) is 5.27. The minimum absolute atomic E-state index is 0.0740. The van der Waals surface area contributed by atoms with Crippen molar-refractivity contribution in [3.63, 3.8) is 0 Å². The Balaban J connectivity index is 2.98. The summed E-state index contributed by atoms with van der Waals surface area (Å²) in [6.07, 6.45) is -3.43. The molecule has 1 aromatic rings. The van der Waals surface area contributed by atoms with Gasteiger partial charge in [-0.3, -0.25) is 0 Å². The Kier molecular flexibility index (Phi) is 4.78. The molecule has 0 amide bonds. The van der Waals surface area contributed by atoms with Gasteiger partial charge in [0, 0.05) is 7.05 Å². The fourth-order valence-electron chi connectivity index (χ4n) is 1.39. The molecule has 1 rings (SSSR count). The van der Waals surface area contributed by atoms with Gasteiger partial charge in [-0.2, -0.15) is 4.31 Å². The zero-order chi connectivity index (χ0) is 13.9. The summed E-state index contributed by atoms with van der Waals surface area (Å²) in [6.45, 7) is 0.701. The van der Waals surface area contributed by atoms with Gasteiger partial charge in [-0.25, -0.2) is 17.2 Å². The Morgan fingerprint density at radius 3 is 2.17 bits per heavy atom. The number of rotatable bonds is 5. The van der Waals surface area contributed by atoms with Crippen LogP contribution in [0.25, 0.3) is 0 Å². The van der Waals surface area contributed by atoms with Crippen LogP contribution in [-0.2, 0) is 10.0 Å². The average Bonchev–Trinajstić information content (AvgIpc) is 2.28. The van der Waals surface area contributed by atoms with Crippen LogP contribution in [0.1, 0.15) is 18.6 Å². The van der Waals surface area contributed by atoms with E-state index < -0.39 is 29.1 Å². The molecular formula is C11H15F2NO3S. The summed E-state index contributed by atoms with van der Waals surface area (Å²) in [7, 11) is -2.80. The van der Waals surface area contributed by atoms with Crippen molar-refractivity contribution in [1.82, 2.24) is 4.31 Å². The smallest absolute Gasteiger partial charge is 0.252 e. The second-order valence-electron chi connectivity index (χ2n) is 3.92. The summed E-state index contributed by atoms with van der Waals surface area (Å²) in [6, 6.07) is 5.49. The van der Waals surface area contributed by atoms with Crippen LogP contribution in [0.3, 0.4) is 0 Å². The van der Waals surface area contributed by atoms with Crippen LogP contribution in [-0.4, -0.2) is 37.8 Å². The van der Waals surface area contributed by atoms with Crippen molar-refractivity contribution in [3.05, 3.63) is 29.8 Å². The molecule has 0 aromatic heterocycles. The molecule has 0 radical (unpaired) electrons. The van der Waals surface area contributed by atoms with Crippen molar-refractivity contribution in [2.45, 2.75) is 24.3 Å². The SMILES string of the molecule is CC(O)c1ccc(S(=O)(=O)N(C)CC(F)F)cc1. The van der Waals surface area contributed by atoms with Crippen molar-refractivity contribution in [2.24, 2.45) is 0 Å². The Morgan fingerprint density at radius 1 is 1.28 bits per heavy atom. The van der Waals surface area contributed by atoms with Crippen molar-refractivity contribution in [2.75, 3.05) is 13.6 Å². The van der Waals surface area contributed by atoms with E-state index >= 15 is 0 Å². The molecule has 18 heavy (non-hydrogen) atoms. The Morgan fingerprint density at radius 2 is 1.78 bits per heavy atom. The van der Waals surface area contributed by atoms with Crippen LogP contribution in [0.2, 0.25) is 0 Å². The van der Waals surface area contributed by atoms with Gasteiger partial charge >= 0.3 is 0 Å². The molecular weight excluding hydrogens is 264 g/mol. The fourth-order valence-corrected chi connectivity index (χ4v) is 2.54. The normalized spacial score (nSPS) is 14.2. The van der Waals surface area contributed by atoms with Crippen molar-refractivity contribution >= 4 is 10.0 Å². The molecule has 1 N–H and O–H groups in total. The molecule has 0 saturated carbocycles. The molecule has 4 nitrogen and oxygen atoms in total. The molecule has 0 aliphatic rings. The van der Waals surface area contributed by atoms with E-state index in [9.17, 15) is 22.3 Å². The molecule has 0 fully saturated rings. The predicted octanol–water partition coefficient (Wildman–Crippen LogP) is 1.63. The zero-order valence-corrected chi connectivity index (χ0v) is 10.9. The Hall–Kier alpha value is -1.05. The van der Waals surface area contributed by atoms with Crippen LogP contribution in [0.4, 0.5) is 8.78 Å². The van der Waals surface area contributed by atoms with Gasteiger partial charge in [-0.15, -0.1) is 0 Å². The summed E-state index contributed by atoms with van der Waals surface area (Å²) < 4.78 is 48.7. The summed E-state index contributed by atoms with van der Waals surface area (Å²) in [4.78, 5) is -0.0740. The minimum atomic E-state index is -3.90. The third-order valence-electron chi connectivity index (χ3n) is 2.47. The summed E-state index contributed by atoms with van der Waals surface area (Å²) in [5, 5.41) is 9.29. The largest absolute Gasteiger partial charge is 0.389 e. The van der Waals surface area contributed by atoms with Crippen LogP contribution in [0.5, 0.6) is 0 Å². The van der Waals surface area contributed by atoms with Gasteiger partial charge in [0.25, 0.3) is 6.43 Å². The lowest BCUT2D eigenvalue weighted by Gasteiger charge is -2.17. The summed E-state index contributed by atoms with van der Waals surface area (Å²) in [5.74, 6) is 0. The first kappa shape index (κ1) is 15.0. The number of hydrogen-bond acceptors (Lipinski definition) is 3. The molecule has 0 saturated heterocycles. The molecule has 0 heterocycles. The molecule has 1 aromatic carbocycles. The summed E-state index contributed by atoms with van der Waals surface area (Å²) >= 11 is 0. The van der Waals surface area contributed by atoms with Gasteiger partial charge < -0.3 is 5.11 Å². The van der Waals surface area contributed by atoms with Crippen molar-refractivity contribution < 1.29 is 22.3 Å². The third kappa shape index (κ3) is 3.47. The molecule has 102 valence electrons. The average molecular weight is 279 g/mol. The van der Waals surface area contributed by atoms with E-state index in [1.54, 1.807) is 6.92 Å². The maximum absolute atomic E-state index is 12.2. The number of benzene rings is 1.